The first kappa shape index (κ1) is 12.0. The molecule has 1 aromatic carbocycles. The van der Waals surface area contributed by atoms with Gasteiger partial charge < -0.3 is 19.4 Å². The Kier molecular flexibility index (Phi) is 3.37. The Morgan fingerprint density at radius 3 is 3.05 bits per heavy atom. The van der Waals surface area contributed by atoms with Crippen molar-refractivity contribution in [3.05, 3.63) is 42.0 Å². The first-order valence-electron chi connectivity index (χ1n) is 6.37. The largest absolute Gasteiger partial charge is 0.454 e. The van der Waals surface area contributed by atoms with Crippen LogP contribution in [0.15, 0.2) is 30.7 Å². The van der Waals surface area contributed by atoms with Crippen molar-refractivity contribution in [3.63, 3.8) is 0 Å². The zero-order valence-electron chi connectivity index (χ0n) is 10.9. The number of ether oxygens (including phenoxy) is 2. The van der Waals surface area contributed by atoms with Crippen LogP contribution in [0.5, 0.6) is 11.5 Å². The molecule has 3 rings (SSSR count). The molecule has 100 valence electrons. The smallest absolute Gasteiger partial charge is 0.231 e. The molecule has 0 saturated heterocycles. The molecule has 0 fully saturated rings. The van der Waals surface area contributed by atoms with Crippen LogP contribution in [-0.4, -0.2) is 22.9 Å². The summed E-state index contributed by atoms with van der Waals surface area (Å²) < 4.78 is 12.7. The van der Waals surface area contributed by atoms with E-state index in [0.717, 1.165) is 31.0 Å². The van der Waals surface area contributed by atoms with Gasteiger partial charge in [0.25, 0.3) is 0 Å². The van der Waals surface area contributed by atoms with Crippen LogP contribution in [-0.2, 0) is 20.0 Å². The Morgan fingerprint density at radius 2 is 2.21 bits per heavy atom. The summed E-state index contributed by atoms with van der Waals surface area (Å²) in [5, 5.41) is 3.41. The molecule has 0 unspecified atom stereocenters. The van der Waals surface area contributed by atoms with E-state index in [1.54, 1.807) is 0 Å². The van der Waals surface area contributed by atoms with Crippen LogP contribution in [0.4, 0.5) is 0 Å². The third-order valence-corrected chi connectivity index (χ3v) is 3.25. The molecule has 0 aliphatic carbocycles. The van der Waals surface area contributed by atoms with Crippen molar-refractivity contribution in [2.45, 2.75) is 13.0 Å². The number of imidazole rings is 1. The maximum absolute atomic E-state index is 5.37. The van der Waals surface area contributed by atoms with Crippen LogP contribution < -0.4 is 14.8 Å². The summed E-state index contributed by atoms with van der Waals surface area (Å²) >= 11 is 0. The van der Waals surface area contributed by atoms with Gasteiger partial charge in [0.05, 0.1) is 12.0 Å². The van der Waals surface area contributed by atoms with Gasteiger partial charge in [-0.1, -0.05) is 6.07 Å². The lowest BCUT2D eigenvalue weighted by molar-refractivity contribution is 0.174. The summed E-state index contributed by atoms with van der Waals surface area (Å²) in [6, 6.07) is 6.10. The molecule has 2 aromatic rings. The molecule has 0 radical (unpaired) electrons. The van der Waals surface area contributed by atoms with Gasteiger partial charge in [-0.2, -0.15) is 0 Å². The van der Waals surface area contributed by atoms with Crippen molar-refractivity contribution in [1.82, 2.24) is 14.9 Å². The van der Waals surface area contributed by atoms with Crippen LogP contribution in [0.1, 0.15) is 11.3 Å². The van der Waals surface area contributed by atoms with Crippen LogP contribution >= 0.6 is 0 Å². The van der Waals surface area contributed by atoms with Gasteiger partial charge in [-0.05, 0) is 30.7 Å². The lowest BCUT2D eigenvalue weighted by Gasteiger charge is -2.06. The average Bonchev–Trinajstić information content (AvgIpc) is 3.03. The second-order valence-corrected chi connectivity index (χ2v) is 4.61. The van der Waals surface area contributed by atoms with Crippen molar-refractivity contribution in [2.24, 2.45) is 7.05 Å². The highest BCUT2D eigenvalue weighted by Crippen LogP contribution is 2.32. The molecule has 1 aromatic heterocycles. The first-order valence-corrected chi connectivity index (χ1v) is 6.37. The Balaban J connectivity index is 1.49. The van der Waals surface area contributed by atoms with Crippen LogP contribution in [0.25, 0.3) is 0 Å². The van der Waals surface area contributed by atoms with Crippen LogP contribution in [0, 0.1) is 0 Å². The van der Waals surface area contributed by atoms with Crippen molar-refractivity contribution >= 4 is 0 Å². The third-order valence-electron chi connectivity index (χ3n) is 3.25. The van der Waals surface area contributed by atoms with Gasteiger partial charge in [0.15, 0.2) is 11.5 Å². The van der Waals surface area contributed by atoms with Gasteiger partial charge in [-0.25, -0.2) is 4.98 Å². The van der Waals surface area contributed by atoms with E-state index >= 15 is 0 Å². The Labute approximate surface area is 112 Å². The Bertz CT molecular complexity index is 566. The number of aromatic nitrogens is 2. The van der Waals surface area contributed by atoms with Crippen LogP contribution in [0.2, 0.25) is 0 Å². The quantitative estimate of drug-likeness (QED) is 0.826. The second-order valence-electron chi connectivity index (χ2n) is 4.61. The van der Waals surface area contributed by atoms with E-state index < -0.39 is 0 Å². The number of nitrogens with zero attached hydrogens (tertiary/aromatic N) is 2. The molecule has 0 amide bonds. The van der Waals surface area contributed by atoms with Gasteiger partial charge in [0.1, 0.15) is 0 Å². The molecule has 2 heterocycles. The number of fused-ring (bicyclic) bond motifs is 1. The maximum Gasteiger partial charge on any atom is 0.231 e. The highest BCUT2D eigenvalue weighted by Gasteiger charge is 2.12. The van der Waals surface area contributed by atoms with Gasteiger partial charge in [-0.15, -0.1) is 0 Å². The minimum atomic E-state index is 0.331. The van der Waals surface area contributed by atoms with E-state index in [9.17, 15) is 0 Å². The number of aryl methyl sites for hydroxylation is 1. The monoisotopic (exact) mass is 259 g/mol. The number of hydrogen-bond donors (Lipinski definition) is 1. The fourth-order valence-electron chi connectivity index (χ4n) is 2.10. The van der Waals surface area contributed by atoms with E-state index in [1.165, 1.54) is 11.3 Å². The molecule has 0 spiro atoms. The predicted molar refractivity (Wildman–Crippen MR) is 71.2 cm³/mol. The molecule has 19 heavy (non-hydrogen) atoms. The minimum Gasteiger partial charge on any atom is -0.454 e. The summed E-state index contributed by atoms with van der Waals surface area (Å²) in [5.41, 5.74) is 2.44. The average molecular weight is 259 g/mol. The van der Waals surface area contributed by atoms with E-state index in [2.05, 4.69) is 16.4 Å². The van der Waals surface area contributed by atoms with Crippen molar-refractivity contribution in [1.29, 1.82) is 0 Å². The zero-order chi connectivity index (χ0) is 13.1. The summed E-state index contributed by atoms with van der Waals surface area (Å²) in [6.45, 7) is 2.09. The zero-order valence-corrected chi connectivity index (χ0v) is 10.9. The van der Waals surface area contributed by atoms with E-state index in [-0.39, 0.29) is 0 Å². The number of benzene rings is 1. The molecule has 0 atom stereocenters. The number of rotatable bonds is 5. The SMILES string of the molecule is Cn1cncc1CNCCc1ccc2c(c1)OCO2. The fraction of sp³-hybridized carbons (Fsp3) is 0.357. The molecule has 1 N–H and O–H groups in total. The molecular formula is C14H17N3O2. The topological polar surface area (TPSA) is 48.3 Å². The number of hydrogen-bond acceptors (Lipinski definition) is 4. The van der Waals surface area contributed by atoms with E-state index in [1.807, 2.05) is 36.3 Å². The lowest BCUT2D eigenvalue weighted by Crippen LogP contribution is -2.18. The van der Waals surface area contributed by atoms with Gasteiger partial charge in [0, 0.05) is 19.8 Å². The second kappa shape index (κ2) is 5.32. The molecule has 5 heteroatoms. The van der Waals surface area contributed by atoms with Crippen LogP contribution in [0.3, 0.4) is 0 Å². The lowest BCUT2D eigenvalue weighted by atomic mass is 10.1. The summed E-state index contributed by atoms with van der Waals surface area (Å²) in [4.78, 5) is 4.09. The summed E-state index contributed by atoms with van der Waals surface area (Å²) in [5.74, 6) is 1.69. The van der Waals surface area contributed by atoms with Crippen molar-refractivity contribution < 1.29 is 9.47 Å². The standard InChI is InChI=1S/C14H17N3O2/c1-17-9-16-8-12(17)7-15-5-4-11-2-3-13-14(6-11)19-10-18-13/h2-3,6,8-9,15H,4-5,7,10H2,1H3. The van der Waals surface area contributed by atoms with Gasteiger partial charge in [-0.3, -0.25) is 0 Å². The maximum atomic E-state index is 5.37. The molecule has 0 saturated carbocycles. The van der Waals surface area contributed by atoms with Gasteiger partial charge >= 0.3 is 0 Å². The fourth-order valence-corrected chi connectivity index (χ4v) is 2.10. The Hall–Kier alpha value is -2.01. The third kappa shape index (κ3) is 2.71. The molecule has 1 aliphatic heterocycles. The first-order chi connectivity index (χ1) is 9.33. The summed E-state index contributed by atoms with van der Waals surface area (Å²) in [6.07, 6.45) is 4.66. The van der Waals surface area contributed by atoms with E-state index in [0.29, 0.717) is 6.79 Å². The van der Waals surface area contributed by atoms with Crippen molar-refractivity contribution in [3.8, 4) is 11.5 Å². The molecule has 1 aliphatic rings. The summed E-state index contributed by atoms with van der Waals surface area (Å²) in [7, 11) is 2.00. The van der Waals surface area contributed by atoms with Gasteiger partial charge in [0.2, 0.25) is 6.79 Å². The van der Waals surface area contributed by atoms with Crippen molar-refractivity contribution in [2.75, 3.05) is 13.3 Å². The highest BCUT2D eigenvalue weighted by atomic mass is 16.7. The highest BCUT2D eigenvalue weighted by molar-refractivity contribution is 5.44. The Morgan fingerprint density at radius 1 is 1.32 bits per heavy atom. The normalized spacial score (nSPS) is 12.9. The molecular weight excluding hydrogens is 242 g/mol. The van der Waals surface area contributed by atoms with E-state index in [4.69, 9.17) is 9.47 Å². The minimum absolute atomic E-state index is 0.331. The molecule has 5 nitrogen and oxygen atoms in total. The predicted octanol–water partition coefficient (Wildman–Crippen LogP) is 1.48. The molecule has 0 bridgehead atoms. The number of nitrogens with one attached hydrogen (secondary N) is 1.